The first-order valence-electron chi connectivity index (χ1n) is 8.77. The van der Waals surface area contributed by atoms with Crippen LogP contribution in [0.2, 0.25) is 0 Å². The van der Waals surface area contributed by atoms with E-state index in [9.17, 15) is 9.90 Å². The fourth-order valence-corrected chi connectivity index (χ4v) is 2.82. The number of nitrogens with one attached hydrogen (secondary N) is 1. The van der Waals surface area contributed by atoms with Crippen LogP contribution in [0.25, 0.3) is 11.1 Å². The molecule has 0 fully saturated rings. The van der Waals surface area contributed by atoms with Crippen LogP contribution in [0.5, 0.6) is 5.75 Å². The molecule has 1 atom stereocenters. The Morgan fingerprint density at radius 1 is 1.30 bits per heavy atom. The first-order chi connectivity index (χ1) is 12.9. The van der Waals surface area contributed by atoms with E-state index in [-0.39, 0.29) is 18.4 Å². The number of carbonyl (C=O) groups is 1. The van der Waals surface area contributed by atoms with Crippen molar-refractivity contribution in [3.05, 3.63) is 52.8 Å². The Labute approximate surface area is 157 Å². The third kappa shape index (κ3) is 3.93. The summed E-state index contributed by atoms with van der Waals surface area (Å²) in [5.74, 6) is 0.540. The van der Waals surface area contributed by atoms with Crippen LogP contribution < -0.4 is 10.1 Å². The van der Waals surface area contributed by atoms with E-state index in [0.29, 0.717) is 33.7 Å². The fraction of sp³-hybridized carbons (Fsp3) is 0.350. The molecular weight excluding hydrogens is 346 g/mol. The number of hydrogen-bond donors (Lipinski definition) is 2. The van der Waals surface area contributed by atoms with Crippen LogP contribution >= 0.6 is 0 Å². The second kappa shape index (κ2) is 7.75. The molecule has 3 rings (SSSR count). The number of benzene rings is 1. The lowest BCUT2D eigenvalue weighted by Crippen LogP contribution is -2.28. The van der Waals surface area contributed by atoms with Gasteiger partial charge in [-0.05, 0) is 36.6 Å². The minimum absolute atomic E-state index is 0.0797. The Bertz CT molecular complexity index is 948. The average molecular weight is 369 g/mol. The lowest BCUT2D eigenvalue weighted by molar-refractivity contribution is 0.0917. The van der Waals surface area contributed by atoms with Crippen LogP contribution in [0, 0.1) is 6.92 Å². The molecule has 27 heavy (non-hydrogen) atoms. The van der Waals surface area contributed by atoms with Crippen molar-refractivity contribution < 1.29 is 19.2 Å². The average Bonchev–Trinajstić information content (AvgIpc) is 3.06. The highest BCUT2D eigenvalue weighted by atomic mass is 16.5. The molecule has 1 amide bonds. The van der Waals surface area contributed by atoms with Gasteiger partial charge in [0, 0.05) is 12.2 Å². The summed E-state index contributed by atoms with van der Waals surface area (Å²) in [6, 6.07) is 8.82. The molecule has 2 N–H and O–H groups in total. The van der Waals surface area contributed by atoms with Gasteiger partial charge in [-0.1, -0.05) is 31.1 Å². The van der Waals surface area contributed by atoms with Crippen molar-refractivity contribution in [2.24, 2.45) is 0 Å². The summed E-state index contributed by atoms with van der Waals surface area (Å²) in [7, 11) is 1.58. The quantitative estimate of drug-likeness (QED) is 0.693. The van der Waals surface area contributed by atoms with Crippen LogP contribution in [0.3, 0.4) is 0 Å². The summed E-state index contributed by atoms with van der Waals surface area (Å²) in [4.78, 5) is 17.2. The van der Waals surface area contributed by atoms with Gasteiger partial charge in [0.05, 0.1) is 29.9 Å². The van der Waals surface area contributed by atoms with E-state index in [1.165, 1.54) is 0 Å². The van der Waals surface area contributed by atoms with Crippen molar-refractivity contribution >= 4 is 17.0 Å². The minimum Gasteiger partial charge on any atom is -0.497 e. The van der Waals surface area contributed by atoms with Gasteiger partial charge in [-0.25, -0.2) is 4.98 Å². The summed E-state index contributed by atoms with van der Waals surface area (Å²) in [6.45, 7) is 5.83. The Hall–Kier alpha value is -2.93. The Morgan fingerprint density at radius 3 is 2.63 bits per heavy atom. The zero-order valence-corrected chi connectivity index (χ0v) is 15.8. The molecule has 1 unspecified atom stereocenters. The predicted molar refractivity (Wildman–Crippen MR) is 101 cm³/mol. The van der Waals surface area contributed by atoms with Crippen molar-refractivity contribution in [2.45, 2.75) is 32.8 Å². The number of rotatable bonds is 6. The van der Waals surface area contributed by atoms with Gasteiger partial charge < -0.3 is 19.7 Å². The molecule has 2 heterocycles. The predicted octanol–water partition coefficient (Wildman–Crippen LogP) is 3.13. The number of ether oxygens (including phenoxy) is 1. The van der Waals surface area contributed by atoms with Crippen molar-refractivity contribution in [1.82, 2.24) is 15.5 Å². The second-order valence-electron chi connectivity index (χ2n) is 6.70. The normalized spacial score (nSPS) is 12.4. The number of aryl methyl sites for hydroxylation is 1. The third-order valence-electron chi connectivity index (χ3n) is 4.43. The van der Waals surface area contributed by atoms with Crippen molar-refractivity contribution in [1.29, 1.82) is 0 Å². The number of amides is 1. The third-order valence-corrected chi connectivity index (χ3v) is 4.43. The van der Waals surface area contributed by atoms with Crippen LogP contribution in [-0.4, -0.2) is 34.8 Å². The number of nitrogens with zero attached hydrogens (tertiary/aromatic N) is 2. The van der Waals surface area contributed by atoms with E-state index >= 15 is 0 Å². The van der Waals surface area contributed by atoms with Gasteiger partial charge in [0.25, 0.3) is 11.6 Å². The smallest absolute Gasteiger partial charge is 0.259 e. The molecule has 0 aliphatic rings. The van der Waals surface area contributed by atoms with Crippen molar-refractivity contribution in [3.63, 3.8) is 0 Å². The van der Waals surface area contributed by atoms with E-state index in [1.807, 2.05) is 13.8 Å². The molecule has 0 aliphatic carbocycles. The SMILES string of the molecule is COc1ccc(C(O)CNC(=O)c2cc(C(C)C)nc3onc(C)c23)cc1. The van der Waals surface area contributed by atoms with Gasteiger partial charge in [0.2, 0.25) is 0 Å². The van der Waals surface area contributed by atoms with E-state index in [1.54, 1.807) is 44.4 Å². The molecule has 2 aromatic heterocycles. The number of aromatic nitrogens is 2. The molecule has 0 radical (unpaired) electrons. The van der Waals surface area contributed by atoms with Gasteiger partial charge >= 0.3 is 0 Å². The number of aliphatic hydroxyl groups is 1. The summed E-state index contributed by atoms with van der Waals surface area (Å²) >= 11 is 0. The maximum absolute atomic E-state index is 12.8. The molecular formula is C20H23N3O4. The minimum atomic E-state index is -0.828. The molecule has 1 aromatic carbocycles. The Morgan fingerprint density at radius 2 is 2.00 bits per heavy atom. The standard InChI is InChI=1S/C20H23N3O4/c1-11(2)16-9-15(18-12(3)23-27-20(18)22-16)19(25)21-10-17(24)13-5-7-14(26-4)8-6-13/h5-9,11,17,24H,10H2,1-4H3,(H,21,25). The summed E-state index contributed by atoms with van der Waals surface area (Å²) in [6.07, 6.45) is -0.828. The number of fused-ring (bicyclic) bond motifs is 1. The van der Waals surface area contributed by atoms with Gasteiger partial charge in [-0.2, -0.15) is 0 Å². The molecule has 0 aliphatic heterocycles. The number of hydrogen-bond acceptors (Lipinski definition) is 6. The first-order valence-corrected chi connectivity index (χ1v) is 8.77. The van der Waals surface area contributed by atoms with E-state index in [4.69, 9.17) is 9.26 Å². The lowest BCUT2D eigenvalue weighted by Gasteiger charge is -2.14. The molecule has 7 nitrogen and oxygen atoms in total. The number of aliphatic hydroxyl groups excluding tert-OH is 1. The molecule has 142 valence electrons. The van der Waals surface area contributed by atoms with Crippen LogP contribution in [-0.2, 0) is 0 Å². The Balaban J connectivity index is 1.80. The number of pyridine rings is 1. The topological polar surface area (TPSA) is 97.5 Å². The van der Waals surface area contributed by atoms with Gasteiger partial charge in [0.1, 0.15) is 5.75 Å². The second-order valence-corrected chi connectivity index (χ2v) is 6.70. The largest absolute Gasteiger partial charge is 0.497 e. The van der Waals surface area contributed by atoms with Crippen molar-refractivity contribution in [2.75, 3.05) is 13.7 Å². The number of carbonyl (C=O) groups excluding carboxylic acids is 1. The molecule has 0 bridgehead atoms. The van der Waals surface area contributed by atoms with Crippen LogP contribution in [0.4, 0.5) is 0 Å². The summed E-state index contributed by atoms with van der Waals surface area (Å²) < 4.78 is 10.4. The first kappa shape index (κ1) is 18.8. The van der Waals surface area contributed by atoms with Crippen molar-refractivity contribution in [3.8, 4) is 5.75 Å². The van der Waals surface area contributed by atoms with E-state index < -0.39 is 6.10 Å². The fourth-order valence-electron chi connectivity index (χ4n) is 2.82. The highest BCUT2D eigenvalue weighted by Gasteiger charge is 2.20. The molecule has 0 saturated carbocycles. The molecule has 0 saturated heterocycles. The number of methoxy groups -OCH3 is 1. The molecule has 0 spiro atoms. The van der Waals surface area contributed by atoms with Gasteiger partial charge in [0.15, 0.2) is 0 Å². The van der Waals surface area contributed by atoms with Crippen LogP contribution in [0.1, 0.15) is 53.2 Å². The Kier molecular flexibility index (Phi) is 5.41. The maximum Gasteiger partial charge on any atom is 0.259 e. The maximum atomic E-state index is 12.8. The highest BCUT2D eigenvalue weighted by molar-refractivity contribution is 6.06. The van der Waals surface area contributed by atoms with E-state index in [2.05, 4.69) is 15.5 Å². The van der Waals surface area contributed by atoms with E-state index in [0.717, 1.165) is 5.69 Å². The zero-order valence-electron chi connectivity index (χ0n) is 15.8. The molecule has 7 heteroatoms. The zero-order chi connectivity index (χ0) is 19.6. The van der Waals surface area contributed by atoms with Gasteiger partial charge in [-0.15, -0.1) is 0 Å². The summed E-state index contributed by atoms with van der Waals surface area (Å²) in [5, 5.41) is 17.6. The monoisotopic (exact) mass is 369 g/mol. The van der Waals surface area contributed by atoms with Crippen LogP contribution in [0.15, 0.2) is 34.9 Å². The van der Waals surface area contributed by atoms with Gasteiger partial charge in [-0.3, -0.25) is 4.79 Å². The lowest BCUT2D eigenvalue weighted by atomic mass is 10.0. The highest BCUT2D eigenvalue weighted by Crippen LogP contribution is 2.25. The summed E-state index contributed by atoms with van der Waals surface area (Å²) in [5.41, 5.74) is 2.84. The molecule has 3 aromatic rings.